The van der Waals surface area contributed by atoms with Crippen LogP contribution in [0.15, 0.2) is 54.8 Å². The summed E-state index contributed by atoms with van der Waals surface area (Å²) >= 11 is 3.62. The van der Waals surface area contributed by atoms with Gasteiger partial charge in [0.05, 0.1) is 42.4 Å². The largest absolute Gasteiger partial charge is 0.379 e. The first kappa shape index (κ1) is 53.2. The number of ether oxygens (including phenoxy) is 1. The third-order valence-electron chi connectivity index (χ3n) is 10.0. The van der Waals surface area contributed by atoms with Crippen molar-refractivity contribution < 1.29 is 4.74 Å². The number of thiazole rings is 1. The van der Waals surface area contributed by atoms with E-state index in [1.54, 1.807) is 16.0 Å². The summed E-state index contributed by atoms with van der Waals surface area (Å²) in [5.74, 6) is 4.54. The molecule has 6 aromatic heterocycles. The summed E-state index contributed by atoms with van der Waals surface area (Å²) in [6.45, 7) is 36.8. The lowest BCUT2D eigenvalue weighted by molar-refractivity contribution is 0.0359. The van der Waals surface area contributed by atoms with Gasteiger partial charge in [0.15, 0.2) is 5.82 Å². The average molecular weight is 906 g/mol. The van der Waals surface area contributed by atoms with Crippen LogP contribution in [0, 0.1) is 6.92 Å². The zero-order valence-electron chi connectivity index (χ0n) is 41.1. The second-order valence-corrected chi connectivity index (χ2v) is 20.1. The maximum atomic E-state index is 5.32. The van der Waals surface area contributed by atoms with Gasteiger partial charge in [-0.3, -0.25) is 23.6 Å². The van der Waals surface area contributed by atoms with Gasteiger partial charge in [-0.1, -0.05) is 79.7 Å². The standard InChI is InChI=1S/C12H21N3O.C8H13N3.C8H12S.C7H13N3.C6H11N3.C6H9NS/c1-11(2)12-9-13-15(10-12)4-3-14-5-7-16-8-6-14;1-6(2)11-5-9-8(10-11)7-3-4-7;1-6(2)8-5-4-7(3)9-8;1-4-10-5-7(6(2)3)8-9-10;1-5(2)6-4-9(3)8-7-6;1-5(2)6-7-3-4-8-6/h9-11H,3-8H2,1-2H3;5-7H,3-4H2,1-2H3;4-6H,1-3H3;5-6H,4H2,1-3H3;4-5H,1-3H3;3-5H,1-2H3. The average Bonchev–Trinajstić information content (AvgIpc) is 4.00. The van der Waals surface area contributed by atoms with Gasteiger partial charge in [-0.25, -0.2) is 9.97 Å². The Balaban J connectivity index is 0.000000205. The van der Waals surface area contributed by atoms with Crippen LogP contribution in [-0.4, -0.2) is 97.3 Å². The van der Waals surface area contributed by atoms with E-state index < -0.39 is 0 Å². The summed E-state index contributed by atoms with van der Waals surface area (Å²) in [6, 6.07) is 4.83. The highest BCUT2D eigenvalue weighted by Crippen LogP contribution is 2.37. The lowest BCUT2D eigenvalue weighted by Gasteiger charge is -2.26. The first-order chi connectivity index (χ1) is 30.0. The van der Waals surface area contributed by atoms with Crippen LogP contribution in [0.2, 0.25) is 0 Å². The molecule has 14 nitrogen and oxygen atoms in total. The fraction of sp³-hybridized carbons (Fsp3) is 0.660. The Morgan fingerprint density at radius 1 is 0.746 bits per heavy atom. The smallest absolute Gasteiger partial charge is 0.153 e. The van der Waals surface area contributed by atoms with Crippen LogP contribution in [-0.2, 0) is 24.9 Å². The highest BCUT2D eigenvalue weighted by Gasteiger charge is 2.27. The second kappa shape index (κ2) is 27.9. The molecule has 16 heteroatoms. The predicted molar refractivity (Wildman–Crippen MR) is 260 cm³/mol. The number of aromatic nitrogens is 12. The second-order valence-electron chi connectivity index (χ2n) is 17.8. The zero-order valence-corrected chi connectivity index (χ0v) is 42.8. The van der Waals surface area contributed by atoms with Crippen molar-refractivity contribution in [1.82, 2.24) is 64.4 Å². The molecule has 0 N–H and O–H groups in total. The topological polar surface area (TPSA) is 135 Å². The Hall–Kier alpha value is -4.12. The maximum Gasteiger partial charge on any atom is 0.153 e. The van der Waals surface area contributed by atoms with Gasteiger partial charge in [0.25, 0.3) is 0 Å². The number of thiophene rings is 1. The number of morpholine rings is 1. The summed E-state index contributed by atoms with van der Waals surface area (Å²) < 4.78 is 12.9. The minimum atomic E-state index is 0.440. The lowest BCUT2D eigenvalue weighted by Crippen LogP contribution is -2.38. The molecule has 1 aliphatic heterocycles. The monoisotopic (exact) mass is 906 g/mol. The molecule has 7 heterocycles. The van der Waals surface area contributed by atoms with Crippen LogP contribution in [0.25, 0.3) is 0 Å². The van der Waals surface area contributed by atoms with Crippen molar-refractivity contribution in [2.75, 3.05) is 32.8 Å². The predicted octanol–water partition coefficient (Wildman–Crippen LogP) is 10.9. The van der Waals surface area contributed by atoms with Crippen LogP contribution < -0.4 is 0 Å². The van der Waals surface area contributed by atoms with Gasteiger partial charge in [-0.2, -0.15) is 10.2 Å². The SMILES string of the molecule is CC(C)c1cn(C)nn1.CC(C)c1cnn(CCN2CCOCC2)c1.CC(C)c1nccs1.CC(C)n1cnc(C2CC2)n1.CCn1cc(C(C)C)nn1.Cc1ccc(C(C)C)s1. The van der Waals surface area contributed by atoms with E-state index in [0.717, 1.165) is 63.1 Å². The molecule has 0 unspecified atom stereocenters. The summed E-state index contributed by atoms with van der Waals surface area (Å²) in [7, 11) is 1.87. The van der Waals surface area contributed by atoms with E-state index in [9.17, 15) is 0 Å². The maximum absolute atomic E-state index is 5.32. The highest BCUT2D eigenvalue weighted by atomic mass is 32.1. The van der Waals surface area contributed by atoms with Crippen LogP contribution in [0.3, 0.4) is 0 Å². The summed E-state index contributed by atoms with van der Waals surface area (Å²) in [5.41, 5.74) is 3.45. The molecule has 63 heavy (non-hydrogen) atoms. The van der Waals surface area contributed by atoms with Crippen LogP contribution in [0.1, 0.15) is 182 Å². The van der Waals surface area contributed by atoms with E-state index in [-0.39, 0.29) is 0 Å². The molecule has 1 aliphatic carbocycles. The molecule has 1 saturated carbocycles. The van der Waals surface area contributed by atoms with E-state index in [4.69, 9.17) is 4.74 Å². The molecule has 6 aromatic rings. The van der Waals surface area contributed by atoms with Gasteiger partial charge in [-0.05, 0) is 81.9 Å². The normalized spacial score (nSPS) is 13.8. The molecule has 0 bridgehead atoms. The Kier molecular flexibility index (Phi) is 23.6. The Morgan fingerprint density at radius 3 is 1.79 bits per heavy atom. The van der Waals surface area contributed by atoms with Gasteiger partial charge in [0.2, 0.25) is 0 Å². The zero-order chi connectivity index (χ0) is 46.5. The third-order valence-corrected chi connectivity index (χ3v) is 12.4. The van der Waals surface area contributed by atoms with E-state index in [0.29, 0.717) is 41.5 Å². The summed E-state index contributed by atoms with van der Waals surface area (Å²) in [4.78, 5) is 13.7. The minimum absolute atomic E-state index is 0.440. The molecule has 1 saturated heterocycles. The van der Waals surface area contributed by atoms with Crippen LogP contribution in [0.5, 0.6) is 0 Å². The van der Waals surface area contributed by atoms with E-state index in [2.05, 4.69) is 161 Å². The van der Waals surface area contributed by atoms with Gasteiger partial charge >= 0.3 is 0 Å². The third kappa shape index (κ3) is 20.5. The Bertz CT molecular complexity index is 1980. The number of nitrogens with zero attached hydrogens (tertiary/aromatic N) is 13. The van der Waals surface area contributed by atoms with Gasteiger partial charge in [-0.15, -0.1) is 32.9 Å². The number of hydrogen-bond acceptors (Lipinski definition) is 12. The molecule has 0 amide bonds. The Morgan fingerprint density at radius 2 is 1.41 bits per heavy atom. The van der Waals surface area contributed by atoms with Crippen molar-refractivity contribution in [3.8, 4) is 0 Å². The van der Waals surface area contributed by atoms with Crippen molar-refractivity contribution in [2.45, 2.75) is 164 Å². The van der Waals surface area contributed by atoms with E-state index in [1.165, 1.54) is 33.2 Å². The summed E-state index contributed by atoms with van der Waals surface area (Å²) in [6.07, 6.45) is 14.3. The quantitative estimate of drug-likeness (QED) is 0.124. The van der Waals surface area contributed by atoms with E-state index in [1.807, 2.05) is 68.9 Å². The van der Waals surface area contributed by atoms with Crippen molar-refractivity contribution >= 4 is 22.7 Å². The van der Waals surface area contributed by atoms with Crippen molar-refractivity contribution in [2.24, 2.45) is 7.05 Å². The van der Waals surface area contributed by atoms with Crippen molar-refractivity contribution in [3.63, 3.8) is 0 Å². The molecule has 2 aliphatic rings. The lowest BCUT2D eigenvalue weighted by atomic mass is 10.1. The summed E-state index contributed by atoms with van der Waals surface area (Å²) in [5, 5.41) is 27.6. The molecule has 0 radical (unpaired) electrons. The van der Waals surface area contributed by atoms with Crippen molar-refractivity contribution in [1.29, 1.82) is 0 Å². The molecule has 2 fully saturated rings. The fourth-order valence-electron chi connectivity index (χ4n) is 5.58. The first-order valence-electron chi connectivity index (χ1n) is 22.9. The van der Waals surface area contributed by atoms with E-state index >= 15 is 0 Å². The Labute approximate surface area is 386 Å². The molecule has 0 aromatic carbocycles. The highest BCUT2D eigenvalue weighted by molar-refractivity contribution is 7.12. The molecule has 350 valence electrons. The van der Waals surface area contributed by atoms with Gasteiger partial charge in [0, 0.05) is 91.0 Å². The van der Waals surface area contributed by atoms with Crippen LogP contribution in [0.4, 0.5) is 0 Å². The molecule has 0 atom stereocenters. The minimum Gasteiger partial charge on any atom is -0.379 e. The molecular formula is C47H79N13OS2. The number of rotatable bonds is 11. The van der Waals surface area contributed by atoms with Gasteiger partial charge in [0.1, 0.15) is 6.33 Å². The molecule has 0 spiro atoms. The van der Waals surface area contributed by atoms with Crippen molar-refractivity contribution in [3.05, 3.63) is 92.4 Å². The molecule has 8 rings (SSSR count). The van der Waals surface area contributed by atoms with Crippen LogP contribution >= 0.6 is 22.7 Å². The number of hydrogen-bond donors (Lipinski definition) is 0. The van der Waals surface area contributed by atoms with Gasteiger partial charge < -0.3 is 4.74 Å². The first-order valence-corrected chi connectivity index (χ1v) is 24.6. The fourth-order valence-corrected chi connectivity index (χ4v) is 7.11. The number of aryl methyl sites for hydroxylation is 3. The molecular weight excluding hydrogens is 827 g/mol.